The van der Waals surface area contributed by atoms with E-state index in [2.05, 4.69) is 0 Å². The third-order valence-electron chi connectivity index (χ3n) is 5.93. The van der Waals surface area contributed by atoms with E-state index in [0.29, 0.717) is 32.5 Å². The molecule has 3 heterocycles. The molecular weight excluding hydrogens is 364 g/mol. The van der Waals surface area contributed by atoms with Crippen LogP contribution in [0.15, 0.2) is 36.4 Å². The first-order chi connectivity index (χ1) is 12.9. The summed E-state index contributed by atoms with van der Waals surface area (Å²) in [5, 5.41) is 0. The Bertz CT molecular complexity index is 823. The van der Waals surface area contributed by atoms with E-state index < -0.39 is 15.6 Å². The molecular formula is C20H26N2O4S. The minimum Gasteiger partial charge on any atom is -0.371 e. The number of carbonyl (C=O) groups excluding carboxylic acids is 1. The van der Waals surface area contributed by atoms with Crippen molar-refractivity contribution in [1.29, 1.82) is 0 Å². The zero-order chi connectivity index (χ0) is 19.1. The number of benzene rings is 1. The molecule has 6 nitrogen and oxygen atoms in total. The molecule has 3 saturated heterocycles. The van der Waals surface area contributed by atoms with Gasteiger partial charge in [-0.2, -0.15) is 4.31 Å². The molecule has 2 bridgehead atoms. The number of morpholine rings is 1. The van der Waals surface area contributed by atoms with Crippen molar-refractivity contribution in [2.45, 2.75) is 43.4 Å². The molecule has 4 rings (SSSR count). The van der Waals surface area contributed by atoms with E-state index in [0.717, 1.165) is 18.4 Å². The van der Waals surface area contributed by atoms with E-state index in [1.54, 1.807) is 10.4 Å². The summed E-state index contributed by atoms with van der Waals surface area (Å²) in [5.74, 6) is -0.0144. The first-order valence-corrected chi connectivity index (χ1v) is 11.4. The summed E-state index contributed by atoms with van der Waals surface area (Å²) in [6, 6.07) is 9.75. The summed E-state index contributed by atoms with van der Waals surface area (Å²) in [6.07, 6.45) is 7.85. The highest BCUT2D eigenvalue weighted by Crippen LogP contribution is 2.45. The molecule has 0 aromatic heterocycles. The lowest BCUT2D eigenvalue weighted by Crippen LogP contribution is -2.61. The van der Waals surface area contributed by atoms with Gasteiger partial charge in [-0.25, -0.2) is 8.42 Å². The van der Waals surface area contributed by atoms with Crippen LogP contribution in [0, 0.1) is 0 Å². The van der Waals surface area contributed by atoms with Crippen molar-refractivity contribution in [1.82, 2.24) is 9.21 Å². The molecule has 0 radical (unpaired) electrons. The second-order valence-electron chi connectivity index (χ2n) is 7.92. The summed E-state index contributed by atoms with van der Waals surface area (Å²) in [7, 11) is -3.20. The highest BCUT2D eigenvalue weighted by molar-refractivity contribution is 7.88. The first kappa shape index (κ1) is 18.7. The fourth-order valence-corrected chi connectivity index (χ4v) is 6.37. The zero-order valence-corrected chi connectivity index (χ0v) is 16.4. The second-order valence-corrected chi connectivity index (χ2v) is 9.81. The Morgan fingerprint density at radius 3 is 2.48 bits per heavy atom. The van der Waals surface area contributed by atoms with Crippen LogP contribution in [0.25, 0.3) is 6.08 Å². The molecule has 3 fully saturated rings. The molecule has 1 unspecified atom stereocenters. The number of hydrogen-bond donors (Lipinski definition) is 0. The van der Waals surface area contributed by atoms with Gasteiger partial charge in [-0.05, 0) is 37.3 Å². The number of ether oxygens (including phenoxy) is 1. The Balaban J connectivity index is 1.46. The van der Waals surface area contributed by atoms with Gasteiger partial charge >= 0.3 is 0 Å². The van der Waals surface area contributed by atoms with Gasteiger partial charge in [-0.15, -0.1) is 0 Å². The number of hydrogen-bond acceptors (Lipinski definition) is 4. The van der Waals surface area contributed by atoms with Crippen LogP contribution in [-0.2, 0) is 19.6 Å². The summed E-state index contributed by atoms with van der Waals surface area (Å²) in [5.41, 5.74) is 0.579. The van der Waals surface area contributed by atoms with E-state index in [1.165, 1.54) is 6.26 Å². The largest absolute Gasteiger partial charge is 0.371 e. The normalized spacial score (nSPS) is 31.7. The SMILES string of the molecule is CS(=O)(=O)N1[C@@H]2CC[C@H]1CC1(C2)CN(C(=O)/C=C/c2ccccc2)CCO1. The van der Waals surface area contributed by atoms with Gasteiger partial charge in [-0.1, -0.05) is 30.3 Å². The average Bonchev–Trinajstić information content (AvgIpc) is 2.94. The fourth-order valence-electron chi connectivity index (χ4n) is 4.92. The summed E-state index contributed by atoms with van der Waals surface area (Å²) >= 11 is 0. The van der Waals surface area contributed by atoms with Crippen molar-refractivity contribution in [3.63, 3.8) is 0 Å². The molecule has 0 saturated carbocycles. The van der Waals surface area contributed by atoms with Crippen molar-refractivity contribution in [2.24, 2.45) is 0 Å². The average molecular weight is 391 g/mol. The Labute approximate surface area is 160 Å². The summed E-state index contributed by atoms with van der Waals surface area (Å²) in [4.78, 5) is 14.5. The van der Waals surface area contributed by atoms with Crippen LogP contribution in [-0.4, -0.2) is 67.2 Å². The molecule has 3 atom stereocenters. The third kappa shape index (κ3) is 3.81. The monoisotopic (exact) mass is 390 g/mol. The minimum absolute atomic E-state index is 0.00587. The maximum Gasteiger partial charge on any atom is 0.246 e. The molecule has 3 aliphatic heterocycles. The van der Waals surface area contributed by atoms with Crippen LogP contribution in [0.4, 0.5) is 0 Å². The van der Waals surface area contributed by atoms with Gasteiger partial charge in [0, 0.05) is 24.7 Å². The second kappa shape index (κ2) is 7.04. The molecule has 3 aliphatic rings. The van der Waals surface area contributed by atoms with E-state index in [4.69, 9.17) is 4.74 Å². The van der Waals surface area contributed by atoms with E-state index in [1.807, 2.05) is 41.3 Å². The van der Waals surface area contributed by atoms with Crippen LogP contribution < -0.4 is 0 Å². The van der Waals surface area contributed by atoms with Gasteiger partial charge in [0.1, 0.15) is 0 Å². The zero-order valence-electron chi connectivity index (χ0n) is 15.6. The molecule has 27 heavy (non-hydrogen) atoms. The Hall–Kier alpha value is -1.70. The first-order valence-electron chi connectivity index (χ1n) is 9.51. The predicted octanol–water partition coefficient (Wildman–Crippen LogP) is 1.88. The van der Waals surface area contributed by atoms with Crippen molar-refractivity contribution in [3.8, 4) is 0 Å². The Kier molecular flexibility index (Phi) is 4.86. The molecule has 1 aromatic rings. The van der Waals surface area contributed by atoms with Gasteiger partial charge < -0.3 is 9.64 Å². The Morgan fingerprint density at radius 1 is 1.19 bits per heavy atom. The number of sulfonamides is 1. The molecule has 1 aromatic carbocycles. The molecule has 7 heteroatoms. The number of carbonyl (C=O) groups is 1. The van der Waals surface area contributed by atoms with Crippen LogP contribution in [0.3, 0.4) is 0 Å². The summed E-state index contributed by atoms with van der Waals surface area (Å²) in [6.45, 7) is 1.61. The van der Waals surface area contributed by atoms with Crippen molar-refractivity contribution >= 4 is 22.0 Å². The van der Waals surface area contributed by atoms with E-state index >= 15 is 0 Å². The molecule has 0 aliphatic carbocycles. The maximum absolute atomic E-state index is 12.7. The van der Waals surface area contributed by atoms with E-state index in [9.17, 15) is 13.2 Å². The lowest BCUT2D eigenvalue weighted by Gasteiger charge is -2.49. The minimum atomic E-state index is -3.20. The van der Waals surface area contributed by atoms with Gasteiger partial charge in [0.2, 0.25) is 15.9 Å². The standard InChI is InChI=1S/C20H26N2O4S/c1-27(24,25)22-17-8-9-18(22)14-20(13-17)15-21(11-12-26-20)19(23)10-7-16-5-3-2-4-6-16/h2-7,10,17-18H,8-9,11-15H2,1H3/b10-7+/t17-,18+,20?. The molecule has 1 spiro atoms. The highest BCUT2D eigenvalue weighted by Gasteiger charge is 2.53. The summed E-state index contributed by atoms with van der Waals surface area (Å²) < 4.78 is 32.1. The molecule has 146 valence electrons. The van der Waals surface area contributed by atoms with Crippen molar-refractivity contribution in [2.75, 3.05) is 26.0 Å². The van der Waals surface area contributed by atoms with Gasteiger partial charge in [0.25, 0.3) is 0 Å². The molecule has 1 amide bonds. The van der Waals surface area contributed by atoms with Crippen molar-refractivity contribution < 1.29 is 17.9 Å². The third-order valence-corrected chi connectivity index (χ3v) is 7.29. The van der Waals surface area contributed by atoms with E-state index in [-0.39, 0.29) is 18.0 Å². The van der Waals surface area contributed by atoms with Gasteiger partial charge in [0.15, 0.2) is 0 Å². The van der Waals surface area contributed by atoms with Crippen molar-refractivity contribution in [3.05, 3.63) is 42.0 Å². The van der Waals surface area contributed by atoms with Crippen LogP contribution in [0.2, 0.25) is 0 Å². The van der Waals surface area contributed by atoms with Crippen LogP contribution in [0.1, 0.15) is 31.2 Å². The number of amides is 1. The number of piperidine rings is 1. The number of nitrogens with zero attached hydrogens (tertiary/aromatic N) is 2. The topological polar surface area (TPSA) is 66.9 Å². The number of fused-ring (bicyclic) bond motifs is 2. The maximum atomic E-state index is 12.7. The van der Waals surface area contributed by atoms with Gasteiger partial charge in [-0.3, -0.25) is 4.79 Å². The lowest BCUT2D eigenvalue weighted by molar-refractivity contribution is -0.158. The molecule has 0 N–H and O–H groups in total. The fraction of sp³-hybridized carbons (Fsp3) is 0.550. The smallest absolute Gasteiger partial charge is 0.246 e. The van der Waals surface area contributed by atoms with Crippen LogP contribution >= 0.6 is 0 Å². The lowest BCUT2D eigenvalue weighted by atomic mass is 9.85. The quantitative estimate of drug-likeness (QED) is 0.739. The highest BCUT2D eigenvalue weighted by atomic mass is 32.2. The van der Waals surface area contributed by atoms with Crippen LogP contribution in [0.5, 0.6) is 0 Å². The van der Waals surface area contributed by atoms with Gasteiger partial charge in [0.05, 0.1) is 25.0 Å². The predicted molar refractivity (Wildman–Crippen MR) is 103 cm³/mol. The Morgan fingerprint density at radius 2 is 1.85 bits per heavy atom. The number of rotatable bonds is 3.